The van der Waals surface area contributed by atoms with Crippen LogP contribution in [0.2, 0.25) is 0 Å². The van der Waals surface area contributed by atoms with E-state index in [0.29, 0.717) is 0 Å². The number of hydrogen-bond acceptors (Lipinski definition) is 5. The van der Waals surface area contributed by atoms with Crippen LogP contribution in [-0.2, 0) is 21.1 Å². The molecule has 0 amide bonds. The lowest BCUT2D eigenvalue weighted by atomic mass is 10.2. The molecule has 0 bridgehead atoms. The molecule has 0 saturated heterocycles. The van der Waals surface area contributed by atoms with Crippen molar-refractivity contribution in [1.82, 2.24) is 0 Å². The molecule has 1 heterocycles. The second-order valence-electron chi connectivity index (χ2n) is 3.91. The third-order valence-electron chi connectivity index (χ3n) is 2.74. The average Bonchev–Trinajstić information content (AvgIpc) is 2.88. The lowest BCUT2D eigenvalue weighted by molar-refractivity contribution is 0.125. The molecule has 5 nitrogen and oxygen atoms in total. The Balaban J connectivity index is 2.29. The molecule has 1 aliphatic heterocycles. The van der Waals surface area contributed by atoms with Gasteiger partial charge >= 0.3 is 0 Å². The van der Waals surface area contributed by atoms with Crippen molar-refractivity contribution in [2.45, 2.75) is 30.8 Å². The van der Waals surface area contributed by atoms with Crippen molar-refractivity contribution in [3.8, 4) is 6.07 Å². The molecule has 1 aromatic rings. The van der Waals surface area contributed by atoms with Gasteiger partial charge in [-0.2, -0.15) is 5.26 Å². The number of benzene rings is 1. The maximum atomic E-state index is 12.2. The fourth-order valence-electron chi connectivity index (χ4n) is 1.62. The fourth-order valence-corrected chi connectivity index (χ4v) is 2.90. The molecule has 0 aliphatic carbocycles. The van der Waals surface area contributed by atoms with E-state index in [0.717, 1.165) is 12.0 Å². The van der Waals surface area contributed by atoms with E-state index < -0.39 is 15.9 Å². The average molecular weight is 264 g/mol. The number of sulfone groups is 1. The highest BCUT2D eigenvalue weighted by Crippen LogP contribution is 2.21. The predicted octanol–water partition coefficient (Wildman–Crippen LogP) is 1.65. The Morgan fingerprint density at radius 3 is 2.61 bits per heavy atom. The Morgan fingerprint density at radius 2 is 2.11 bits per heavy atom. The number of nitrogens with zero attached hydrogens (tertiary/aromatic N) is 2. The monoisotopic (exact) mass is 264 g/mol. The summed E-state index contributed by atoms with van der Waals surface area (Å²) in [5.41, 5.74) is 1.06. The molecule has 2 rings (SSSR count). The maximum Gasteiger partial charge on any atom is 0.223 e. The van der Waals surface area contributed by atoms with Crippen molar-refractivity contribution in [2.75, 3.05) is 0 Å². The molecule has 1 aromatic carbocycles. The molecule has 0 N–H and O–H groups in total. The third kappa shape index (κ3) is 2.22. The molecular weight excluding hydrogens is 252 g/mol. The van der Waals surface area contributed by atoms with Gasteiger partial charge in [0.2, 0.25) is 15.9 Å². The lowest BCUT2D eigenvalue weighted by Crippen LogP contribution is -2.15. The number of oxime groups is 1. The van der Waals surface area contributed by atoms with E-state index in [1.54, 1.807) is 24.3 Å². The summed E-state index contributed by atoms with van der Waals surface area (Å²) in [5.74, 6) is 0. The number of nitriles is 1. The van der Waals surface area contributed by atoms with Gasteiger partial charge in [0, 0.05) is 0 Å². The van der Waals surface area contributed by atoms with Crippen molar-refractivity contribution in [2.24, 2.45) is 5.16 Å². The molecule has 0 fully saturated rings. The van der Waals surface area contributed by atoms with Crippen molar-refractivity contribution < 1.29 is 13.3 Å². The molecule has 1 unspecified atom stereocenters. The summed E-state index contributed by atoms with van der Waals surface area (Å²) in [7, 11) is -3.63. The molecule has 0 radical (unpaired) electrons. The van der Waals surface area contributed by atoms with Crippen LogP contribution in [0.3, 0.4) is 0 Å². The summed E-state index contributed by atoms with van der Waals surface area (Å²) < 4.78 is 24.4. The van der Waals surface area contributed by atoms with Crippen molar-refractivity contribution in [3.63, 3.8) is 0 Å². The molecule has 0 aromatic heterocycles. The fraction of sp³-hybridized carbons (Fsp3) is 0.333. The van der Waals surface area contributed by atoms with Crippen LogP contribution in [0.4, 0.5) is 0 Å². The first-order valence-corrected chi connectivity index (χ1v) is 7.02. The van der Waals surface area contributed by atoms with Gasteiger partial charge in [0.1, 0.15) is 6.07 Å². The van der Waals surface area contributed by atoms with Gasteiger partial charge < -0.3 is 4.84 Å². The van der Waals surface area contributed by atoms with Crippen LogP contribution < -0.4 is 0 Å². The summed E-state index contributed by atoms with van der Waals surface area (Å²) in [6.45, 7) is 2.00. The Bertz CT molecular complexity index is 612. The van der Waals surface area contributed by atoms with Gasteiger partial charge in [-0.25, -0.2) is 8.42 Å². The van der Waals surface area contributed by atoms with Crippen molar-refractivity contribution in [3.05, 3.63) is 29.8 Å². The SMILES string of the molecule is CCc1ccc(S(=O)(=O)C2=NOC(C#N)C2)cc1. The maximum absolute atomic E-state index is 12.2. The Labute approximate surface area is 106 Å². The Kier molecular flexibility index (Phi) is 3.34. The Hall–Kier alpha value is -1.87. The quantitative estimate of drug-likeness (QED) is 0.813. The van der Waals surface area contributed by atoms with Gasteiger partial charge in [-0.15, -0.1) is 0 Å². The minimum atomic E-state index is -3.63. The van der Waals surface area contributed by atoms with Gasteiger partial charge in [0.15, 0.2) is 5.04 Å². The van der Waals surface area contributed by atoms with E-state index >= 15 is 0 Å². The Morgan fingerprint density at radius 1 is 1.44 bits per heavy atom. The lowest BCUT2D eigenvalue weighted by Gasteiger charge is -2.03. The molecular formula is C12H12N2O3S. The summed E-state index contributed by atoms with van der Waals surface area (Å²) in [4.78, 5) is 4.90. The summed E-state index contributed by atoms with van der Waals surface area (Å²) in [6, 6.07) is 8.48. The predicted molar refractivity (Wildman–Crippen MR) is 65.5 cm³/mol. The van der Waals surface area contributed by atoms with Gasteiger partial charge in [-0.3, -0.25) is 0 Å². The molecule has 94 valence electrons. The van der Waals surface area contributed by atoms with Crippen LogP contribution in [0, 0.1) is 11.3 Å². The highest BCUT2D eigenvalue weighted by atomic mass is 32.2. The molecule has 18 heavy (non-hydrogen) atoms. The van der Waals surface area contributed by atoms with Crippen molar-refractivity contribution >= 4 is 14.9 Å². The minimum Gasteiger partial charge on any atom is -0.376 e. The van der Waals surface area contributed by atoms with Gasteiger partial charge in [-0.05, 0) is 24.1 Å². The number of hydrogen-bond donors (Lipinski definition) is 0. The van der Waals surface area contributed by atoms with E-state index in [1.165, 1.54) is 0 Å². The second-order valence-corrected chi connectivity index (χ2v) is 5.86. The minimum absolute atomic E-state index is 0.00830. The number of rotatable bonds is 2. The third-order valence-corrected chi connectivity index (χ3v) is 4.49. The summed E-state index contributed by atoms with van der Waals surface area (Å²) >= 11 is 0. The first kappa shape index (κ1) is 12.6. The van der Waals surface area contributed by atoms with Crippen LogP contribution in [0.1, 0.15) is 18.9 Å². The van der Waals surface area contributed by atoms with Crippen LogP contribution in [0.25, 0.3) is 0 Å². The zero-order chi connectivity index (χ0) is 13.2. The highest BCUT2D eigenvalue weighted by molar-refractivity contribution is 8.06. The number of aryl methyl sites for hydroxylation is 1. The van der Waals surface area contributed by atoms with E-state index in [4.69, 9.17) is 10.1 Å². The second kappa shape index (κ2) is 4.78. The molecule has 1 atom stereocenters. The zero-order valence-electron chi connectivity index (χ0n) is 9.83. The molecule has 1 aliphatic rings. The first-order chi connectivity index (χ1) is 8.57. The van der Waals surface area contributed by atoms with E-state index in [1.807, 2.05) is 13.0 Å². The van der Waals surface area contributed by atoms with Crippen LogP contribution in [-0.4, -0.2) is 19.6 Å². The van der Waals surface area contributed by atoms with Crippen LogP contribution >= 0.6 is 0 Å². The van der Waals surface area contributed by atoms with Gasteiger partial charge in [0.25, 0.3) is 0 Å². The van der Waals surface area contributed by atoms with Crippen LogP contribution in [0.5, 0.6) is 0 Å². The van der Waals surface area contributed by atoms with E-state index in [-0.39, 0.29) is 16.4 Å². The topological polar surface area (TPSA) is 79.5 Å². The molecule has 6 heteroatoms. The first-order valence-electron chi connectivity index (χ1n) is 5.54. The summed E-state index contributed by atoms with van der Waals surface area (Å²) in [6.07, 6.45) is 0.0552. The summed E-state index contributed by atoms with van der Waals surface area (Å²) in [5, 5.41) is 12.0. The van der Waals surface area contributed by atoms with Gasteiger partial charge in [-0.1, -0.05) is 24.2 Å². The largest absolute Gasteiger partial charge is 0.376 e. The molecule has 0 spiro atoms. The standard InChI is InChI=1S/C12H12N2O3S/c1-2-9-3-5-11(6-4-9)18(15,16)12-7-10(8-13)17-14-12/h3-6,10H,2,7H2,1H3. The van der Waals surface area contributed by atoms with Gasteiger partial charge in [0.05, 0.1) is 11.3 Å². The van der Waals surface area contributed by atoms with E-state index in [9.17, 15) is 8.42 Å². The normalized spacial score (nSPS) is 18.9. The van der Waals surface area contributed by atoms with Crippen LogP contribution in [0.15, 0.2) is 34.3 Å². The highest BCUT2D eigenvalue weighted by Gasteiger charge is 2.31. The smallest absolute Gasteiger partial charge is 0.223 e. The van der Waals surface area contributed by atoms with E-state index in [2.05, 4.69) is 5.16 Å². The molecule has 0 saturated carbocycles. The van der Waals surface area contributed by atoms with Crippen molar-refractivity contribution in [1.29, 1.82) is 5.26 Å². The zero-order valence-corrected chi connectivity index (χ0v) is 10.6.